The minimum absolute atomic E-state index is 0.0419. The number of amides is 1. The number of piperidine rings is 1. The first-order valence-electron chi connectivity index (χ1n) is 5.91. The molecule has 1 amide bonds. The Morgan fingerprint density at radius 3 is 3.12 bits per heavy atom. The van der Waals surface area contributed by atoms with E-state index < -0.39 is 0 Å². The molecule has 0 aromatic carbocycles. The molecule has 0 radical (unpaired) electrons. The molecule has 2 rings (SSSR count). The summed E-state index contributed by atoms with van der Waals surface area (Å²) in [5.74, 6) is 0.350. The molecule has 94 valence electrons. The second-order valence-corrected chi connectivity index (χ2v) is 5.29. The van der Waals surface area contributed by atoms with Crippen LogP contribution in [-0.4, -0.2) is 36.7 Å². The van der Waals surface area contributed by atoms with Crippen LogP contribution in [0, 0.1) is 0 Å². The van der Waals surface area contributed by atoms with E-state index in [9.17, 15) is 4.79 Å². The summed E-state index contributed by atoms with van der Waals surface area (Å²) in [7, 11) is 0. The lowest BCUT2D eigenvalue weighted by molar-refractivity contribution is 0.0920. The lowest BCUT2D eigenvalue weighted by Gasteiger charge is -2.35. The molecule has 0 bridgehead atoms. The maximum atomic E-state index is 11.7. The van der Waals surface area contributed by atoms with E-state index in [1.54, 1.807) is 16.2 Å². The predicted octanol–water partition coefficient (Wildman–Crippen LogP) is 2.02. The highest BCUT2D eigenvalue weighted by Gasteiger charge is 2.30. The van der Waals surface area contributed by atoms with Crippen molar-refractivity contribution in [3.63, 3.8) is 0 Å². The summed E-state index contributed by atoms with van der Waals surface area (Å²) in [5, 5.41) is 2.06. The van der Waals surface area contributed by atoms with Crippen molar-refractivity contribution in [2.75, 3.05) is 19.7 Å². The van der Waals surface area contributed by atoms with Gasteiger partial charge in [0.15, 0.2) is 0 Å². The van der Waals surface area contributed by atoms with Crippen LogP contribution in [0.15, 0.2) is 17.5 Å². The number of carbonyl (C=O) groups excluding carboxylic acids is 1. The van der Waals surface area contributed by atoms with Crippen molar-refractivity contribution < 1.29 is 9.53 Å². The predicted molar refractivity (Wildman–Crippen MR) is 68.2 cm³/mol. The number of nitrogens with two attached hydrogens (primary N) is 1. The van der Waals surface area contributed by atoms with Gasteiger partial charge in [0.2, 0.25) is 0 Å². The number of hydrogen-bond acceptors (Lipinski definition) is 4. The Morgan fingerprint density at radius 1 is 1.65 bits per heavy atom. The summed E-state index contributed by atoms with van der Waals surface area (Å²) < 4.78 is 5.03. The molecule has 1 aromatic rings. The van der Waals surface area contributed by atoms with Gasteiger partial charge in [-0.05, 0) is 24.8 Å². The lowest BCUT2D eigenvalue weighted by Crippen LogP contribution is -2.48. The van der Waals surface area contributed by atoms with Gasteiger partial charge in [-0.15, -0.1) is 11.3 Å². The van der Waals surface area contributed by atoms with Gasteiger partial charge in [0.1, 0.15) is 0 Å². The second-order valence-electron chi connectivity index (χ2n) is 4.31. The fourth-order valence-electron chi connectivity index (χ4n) is 2.23. The molecule has 2 heterocycles. The molecule has 2 unspecified atom stereocenters. The van der Waals surface area contributed by atoms with Gasteiger partial charge in [0.05, 0.1) is 6.61 Å². The largest absolute Gasteiger partial charge is 0.450 e. The summed E-state index contributed by atoms with van der Waals surface area (Å²) in [5.41, 5.74) is 6.01. The van der Waals surface area contributed by atoms with Crippen LogP contribution in [0.3, 0.4) is 0 Å². The fourth-order valence-corrected chi connectivity index (χ4v) is 3.07. The standard InChI is InChI=1S/C12H18N2O2S/c1-2-16-12(15)14-7-9(6-10(13)8-14)11-4-3-5-17-11/h3-5,9-10H,2,6-8,13H2,1H3. The summed E-state index contributed by atoms with van der Waals surface area (Å²) >= 11 is 1.72. The molecule has 17 heavy (non-hydrogen) atoms. The van der Waals surface area contributed by atoms with Crippen molar-refractivity contribution in [2.45, 2.75) is 25.3 Å². The van der Waals surface area contributed by atoms with Crippen LogP contribution in [0.2, 0.25) is 0 Å². The Hall–Kier alpha value is -1.07. The van der Waals surface area contributed by atoms with E-state index >= 15 is 0 Å². The van der Waals surface area contributed by atoms with Crippen LogP contribution in [0.4, 0.5) is 4.79 Å². The van der Waals surface area contributed by atoms with Gasteiger partial charge in [-0.1, -0.05) is 6.07 Å². The average Bonchev–Trinajstić information content (AvgIpc) is 2.82. The van der Waals surface area contributed by atoms with Gasteiger partial charge in [-0.2, -0.15) is 0 Å². The Morgan fingerprint density at radius 2 is 2.47 bits per heavy atom. The molecular weight excluding hydrogens is 236 g/mol. The van der Waals surface area contributed by atoms with Gasteiger partial charge in [-0.3, -0.25) is 0 Å². The number of hydrogen-bond donors (Lipinski definition) is 1. The maximum Gasteiger partial charge on any atom is 0.409 e. The Bertz CT molecular complexity index is 367. The number of carbonyl (C=O) groups is 1. The van der Waals surface area contributed by atoms with Crippen molar-refractivity contribution in [2.24, 2.45) is 5.73 Å². The quantitative estimate of drug-likeness (QED) is 0.878. The Labute approximate surface area is 105 Å². The third-order valence-corrected chi connectivity index (χ3v) is 3.99. The molecule has 0 spiro atoms. The first-order valence-corrected chi connectivity index (χ1v) is 6.79. The van der Waals surface area contributed by atoms with Gasteiger partial charge in [0, 0.05) is 29.9 Å². The molecule has 2 N–H and O–H groups in total. The fraction of sp³-hybridized carbons (Fsp3) is 0.583. The molecule has 1 aromatic heterocycles. The molecular formula is C12H18N2O2S. The van der Waals surface area contributed by atoms with Crippen molar-refractivity contribution >= 4 is 17.4 Å². The second kappa shape index (κ2) is 5.51. The highest BCUT2D eigenvalue weighted by Crippen LogP contribution is 2.29. The van der Waals surface area contributed by atoms with Gasteiger partial charge >= 0.3 is 6.09 Å². The minimum atomic E-state index is -0.246. The summed E-state index contributed by atoms with van der Waals surface area (Å²) in [6.45, 7) is 3.54. The molecule has 5 heteroatoms. The first kappa shape index (κ1) is 12.4. The third kappa shape index (κ3) is 2.98. The van der Waals surface area contributed by atoms with E-state index in [-0.39, 0.29) is 12.1 Å². The zero-order valence-electron chi connectivity index (χ0n) is 9.96. The molecule has 1 saturated heterocycles. The maximum absolute atomic E-state index is 11.7. The van der Waals surface area contributed by atoms with Crippen molar-refractivity contribution in [1.82, 2.24) is 4.90 Å². The van der Waals surface area contributed by atoms with Crippen molar-refractivity contribution in [3.05, 3.63) is 22.4 Å². The number of likely N-dealkylation sites (tertiary alicyclic amines) is 1. The van der Waals surface area contributed by atoms with Gasteiger partial charge in [-0.25, -0.2) is 4.79 Å². The highest BCUT2D eigenvalue weighted by atomic mass is 32.1. The van der Waals surface area contributed by atoms with Crippen molar-refractivity contribution in [3.8, 4) is 0 Å². The van der Waals surface area contributed by atoms with Crippen LogP contribution in [0.25, 0.3) is 0 Å². The molecule has 1 aliphatic rings. The molecule has 4 nitrogen and oxygen atoms in total. The Kier molecular flexibility index (Phi) is 4.02. The SMILES string of the molecule is CCOC(=O)N1CC(N)CC(c2cccs2)C1. The van der Waals surface area contributed by atoms with E-state index in [0.29, 0.717) is 25.6 Å². The van der Waals surface area contributed by atoms with E-state index in [0.717, 1.165) is 6.42 Å². The summed E-state index contributed by atoms with van der Waals surface area (Å²) in [6, 6.07) is 4.19. The van der Waals surface area contributed by atoms with E-state index in [1.807, 2.05) is 13.0 Å². The third-order valence-electron chi connectivity index (χ3n) is 2.95. The summed E-state index contributed by atoms with van der Waals surface area (Å²) in [6.07, 6.45) is 0.695. The first-order chi connectivity index (χ1) is 8.20. The number of thiophene rings is 1. The van der Waals surface area contributed by atoms with E-state index in [2.05, 4.69) is 11.4 Å². The Balaban J connectivity index is 2.04. The number of nitrogens with zero attached hydrogens (tertiary/aromatic N) is 1. The molecule has 1 aliphatic heterocycles. The van der Waals surface area contributed by atoms with E-state index in [1.165, 1.54) is 4.88 Å². The zero-order chi connectivity index (χ0) is 12.3. The van der Waals surface area contributed by atoms with Gasteiger partial charge < -0.3 is 15.4 Å². The average molecular weight is 254 g/mol. The van der Waals surface area contributed by atoms with Crippen LogP contribution < -0.4 is 5.73 Å². The van der Waals surface area contributed by atoms with Crippen LogP contribution >= 0.6 is 11.3 Å². The monoisotopic (exact) mass is 254 g/mol. The number of rotatable bonds is 2. The van der Waals surface area contributed by atoms with Crippen LogP contribution in [-0.2, 0) is 4.74 Å². The van der Waals surface area contributed by atoms with Gasteiger partial charge in [0.25, 0.3) is 0 Å². The highest BCUT2D eigenvalue weighted by molar-refractivity contribution is 7.10. The zero-order valence-corrected chi connectivity index (χ0v) is 10.8. The van der Waals surface area contributed by atoms with Crippen molar-refractivity contribution in [1.29, 1.82) is 0 Å². The molecule has 0 aliphatic carbocycles. The molecule has 0 saturated carbocycles. The van der Waals surface area contributed by atoms with Crippen LogP contribution in [0.1, 0.15) is 24.1 Å². The minimum Gasteiger partial charge on any atom is -0.450 e. The van der Waals surface area contributed by atoms with Crippen LogP contribution in [0.5, 0.6) is 0 Å². The normalized spacial score (nSPS) is 24.7. The topological polar surface area (TPSA) is 55.6 Å². The smallest absolute Gasteiger partial charge is 0.409 e. The van der Waals surface area contributed by atoms with E-state index in [4.69, 9.17) is 10.5 Å². The summed E-state index contributed by atoms with van der Waals surface area (Å²) in [4.78, 5) is 14.7. The lowest BCUT2D eigenvalue weighted by atomic mass is 9.94. The molecule has 1 fully saturated rings. The molecule has 2 atom stereocenters. The number of ether oxygens (including phenoxy) is 1.